The van der Waals surface area contributed by atoms with Crippen molar-refractivity contribution in [3.63, 3.8) is 0 Å². The summed E-state index contributed by atoms with van der Waals surface area (Å²) in [6.07, 6.45) is -0.981. The number of ether oxygens (including phenoxy) is 1. The zero-order valence-electron chi connectivity index (χ0n) is 17.6. The zero-order valence-corrected chi connectivity index (χ0v) is 17.6. The van der Waals surface area contributed by atoms with Crippen LogP contribution in [0.5, 0.6) is 0 Å². The van der Waals surface area contributed by atoms with Crippen LogP contribution in [0.4, 0.5) is 4.39 Å². The molecule has 2 aromatic carbocycles. The molecule has 1 aromatic heterocycles. The van der Waals surface area contributed by atoms with Crippen LogP contribution < -0.4 is 0 Å². The molecule has 30 heavy (non-hydrogen) atoms. The molecule has 3 aromatic rings. The van der Waals surface area contributed by atoms with Crippen molar-refractivity contribution in [2.75, 3.05) is 7.05 Å². The number of aromatic nitrogens is 1. The molecule has 0 radical (unpaired) electrons. The molecule has 156 valence electrons. The van der Waals surface area contributed by atoms with Gasteiger partial charge in [0.25, 0.3) is 5.91 Å². The van der Waals surface area contributed by atoms with E-state index in [4.69, 9.17) is 4.74 Å². The largest absolute Gasteiger partial charge is 0.449 e. The average molecular weight is 408 g/mol. The quantitative estimate of drug-likeness (QED) is 0.555. The van der Waals surface area contributed by atoms with Crippen molar-refractivity contribution in [3.05, 3.63) is 77.2 Å². The van der Waals surface area contributed by atoms with E-state index in [1.807, 2.05) is 38.1 Å². The lowest BCUT2D eigenvalue weighted by atomic mass is 10.0. The molecule has 0 aliphatic heterocycles. The summed E-state index contributed by atoms with van der Waals surface area (Å²) in [5.41, 5.74) is 2.53. The summed E-state index contributed by atoms with van der Waals surface area (Å²) in [4.78, 5) is 31.6. The van der Waals surface area contributed by atoms with Crippen LogP contribution in [-0.2, 0) is 16.1 Å². The molecule has 0 saturated carbocycles. The monoisotopic (exact) mass is 408 g/mol. The van der Waals surface area contributed by atoms with E-state index in [1.165, 1.54) is 24.0 Å². The summed E-state index contributed by atoms with van der Waals surface area (Å²) in [5.74, 6) is -1.17. The van der Waals surface area contributed by atoms with Gasteiger partial charge in [-0.3, -0.25) is 9.78 Å². The molecule has 1 unspecified atom stereocenters. The Labute approximate surface area is 175 Å². The second kappa shape index (κ2) is 9.03. The number of esters is 1. The average Bonchev–Trinajstić information content (AvgIpc) is 2.72. The topological polar surface area (TPSA) is 59.5 Å². The van der Waals surface area contributed by atoms with Crippen LogP contribution in [0.2, 0.25) is 0 Å². The molecule has 1 heterocycles. The van der Waals surface area contributed by atoms with Crippen LogP contribution in [-0.4, -0.2) is 34.9 Å². The number of hydrogen-bond donors (Lipinski definition) is 0. The Hall–Kier alpha value is -3.28. The molecule has 0 aliphatic rings. The fraction of sp³-hybridized carbons (Fsp3) is 0.292. The number of rotatable bonds is 6. The Balaban J connectivity index is 1.77. The SMILES string of the molecule is CC(OC(=O)c1cc(C(C)C)nc2ccccc12)C(=O)N(C)Cc1cccc(F)c1. The first-order valence-electron chi connectivity index (χ1n) is 9.86. The molecular formula is C24H25FN2O3. The minimum Gasteiger partial charge on any atom is -0.449 e. The molecule has 1 amide bonds. The Morgan fingerprint density at radius 3 is 2.50 bits per heavy atom. The van der Waals surface area contributed by atoms with Gasteiger partial charge in [0, 0.05) is 24.7 Å². The first-order chi connectivity index (χ1) is 14.3. The summed E-state index contributed by atoms with van der Waals surface area (Å²) in [7, 11) is 1.59. The summed E-state index contributed by atoms with van der Waals surface area (Å²) in [6.45, 7) is 5.75. The second-order valence-corrected chi connectivity index (χ2v) is 7.64. The Kier molecular flexibility index (Phi) is 6.45. The van der Waals surface area contributed by atoms with E-state index in [-0.39, 0.29) is 24.2 Å². The van der Waals surface area contributed by atoms with Gasteiger partial charge in [-0.15, -0.1) is 0 Å². The van der Waals surface area contributed by atoms with Gasteiger partial charge in [-0.2, -0.15) is 0 Å². The number of carbonyl (C=O) groups is 2. The molecule has 0 saturated heterocycles. The van der Waals surface area contributed by atoms with E-state index in [1.54, 1.807) is 25.2 Å². The van der Waals surface area contributed by atoms with Gasteiger partial charge in [0.2, 0.25) is 0 Å². The summed E-state index contributed by atoms with van der Waals surface area (Å²) in [5, 5.41) is 0.680. The third-order valence-corrected chi connectivity index (χ3v) is 4.86. The molecule has 0 spiro atoms. The summed E-state index contributed by atoms with van der Waals surface area (Å²) < 4.78 is 18.9. The van der Waals surface area contributed by atoms with Gasteiger partial charge in [-0.25, -0.2) is 9.18 Å². The van der Waals surface area contributed by atoms with Crippen LogP contribution in [0.15, 0.2) is 54.6 Å². The second-order valence-electron chi connectivity index (χ2n) is 7.64. The normalized spacial score (nSPS) is 12.1. The van der Waals surface area contributed by atoms with Crippen LogP contribution in [0, 0.1) is 5.82 Å². The Bertz CT molecular complexity index is 1080. The smallest absolute Gasteiger partial charge is 0.339 e. The number of carbonyl (C=O) groups excluding carboxylic acids is 2. The number of likely N-dealkylation sites (N-methyl/N-ethyl adjacent to an activating group) is 1. The fourth-order valence-corrected chi connectivity index (χ4v) is 3.23. The van der Waals surface area contributed by atoms with Crippen molar-refractivity contribution in [2.24, 2.45) is 0 Å². The van der Waals surface area contributed by atoms with Crippen LogP contribution in [0.3, 0.4) is 0 Å². The third-order valence-electron chi connectivity index (χ3n) is 4.86. The zero-order chi connectivity index (χ0) is 21.8. The van der Waals surface area contributed by atoms with E-state index >= 15 is 0 Å². The van der Waals surface area contributed by atoms with Crippen molar-refractivity contribution in [3.8, 4) is 0 Å². The highest BCUT2D eigenvalue weighted by Gasteiger charge is 2.24. The number of para-hydroxylation sites is 1. The van der Waals surface area contributed by atoms with Crippen molar-refractivity contribution in [2.45, 2.75) is 39.3 Å². The minimum absolute atomic E-state index is 0.137. The predicted molar refractivity (Wildman–Crippen MR) is 114 cm³/mol. The molecule has 0 bridgehead atoms. The molecule has 6 heteroatoms. The fourth-order valence-electron chi connectivity index (χ4n) is 3.23. The molecule has 1 atom stereocenters. The predicted octanol–water partition coefficient (Wildman–Crippen LogP) is 4.70. The first kappa shape index (κ1) is 21.4. The van der Waals surface area contributed by atoms with E-state index in [2.05, 4.69) is 4.98 Å². The lowest BCUT2D eigenvalue weighted by Crippen LogP contribution is -2.37. The van der Waals surface area contributed by atoms with Gasteiger partial charge in [-0.05, 0) is 42.7 Å². The van der Waals surface area contributed by atoms with E-state index in [0.29, 0.717) is 22.0 Å². The number of nitrogens with zero attached hydrogens (tertiary/aromatic N) is 2. The number of benzene rings is 2. The maximum absolute atomic E-state index is 13.4. The van der Waals surface area contributed by atoms with Gasteiger partial charge < -0.3 is 9.64 Å². The van der Waals surface area contributed by atoms with Crippen molar-refractivity contribution >= 4 is 22.8 Å². The van der Waals surface area contributed by atoms with Gasteiger partial charge >= 0.3 is 5.97 Å². The van der Waals surface area contributed by atoms with Crippen molar-refractivity contribution in [1.29, 1.82) is 0 Å². The van der Waals surface area contributed by atoms with E-state index in [0.717, 1.165) is 5.69 Å². The molecular weight excluding hydrogens is 383 g/mol. The highest BCUT2D eigenvalue weighted by atomic mass is 19.1. The standard InChI is InChI=1S/C24H25FN2O3/c1-15(2)22-13-20(19-10-5-6-11-21(19)26-22)24(29)30-16(3)23(28)27(4)14-17-8-7-9-18(25)12-17/h5-13,15-16H,14H2,1-4H3. The van der Waals surface area contributed by atoms with E-state index < -0.39 is 12.1 Å². The molecule has 0 N–H and O–H groups in total. The molecule has 0 aliphatic carbocycles. The Morgan fingerprint density at radius 2 is 1.80 bits per heavy atom. The number of halogens is 1. The first-order valence-corrected chi connectivity index (χ1v) is 9.86. The van der Waals surface area contributed by atoms with E-state index in [9.17, 15) is 14.0 Å². The van der Waals surface area contributed by atoms with Gasteiger partial charge in [0.05, 0.1) is 11.1 Å². The maximum atomic E-state index is 13.4. The lowest BCUT2D eigenvalue weighted by Gasteiger charge is -2.22. The number of pyridine rings is 1. The van der Waals surface area contributed by atoms with Crippen LogP contribution >= 0.6 is 0 Å². The van der Waals surface area contributed by atoms with Crippen molar-refractivity contribution < 1.29 is 18.7 Å². The van der Waals surface area contributed by atoms with Gasteiger partial charge in [-0.1, -0.05) is 44.2 Å². The molecule has 5 nitrogen and oxygen atoms in total. The van der Waals surface area contributed by atoms with Crippen LogP contribution in [0.25, 0.3) is 10.9 Å². The summed E-state index contributed by atoms with van der Waals surface area (Å²) >= 11 is 0. The highest BCUT2D eigenvalue weighted by molar-refractivity contribution is 6.04. The minimum atomic E-state index is -0.981. The molecule has 0 fully saturated rings. The van der Waals surface area contributed by atoms with Crippen LogP contribution in [0.1, 0.15) is 48.3 Å². The lowest BCUT2D eigenvalue weighted by molar-refractivity contribution is -0.139. The van der Waals surface area contributed by atoms with Gasteiger partial charge in [0.15, 0.2) is 6.10 Å². The van der Waals surface area contributed by atoms with Crippen molar-refractivity contribution in [1.82, 2.24) is 9.88 Å². The Morgan fingerprint density at radius 1 is 1.07 bits per heavy atom. The molecule has 3 rings (SSSR count). The highest BCUT2D eigenvalue weighted by Crippen LogP contribution is 2.23. The third kappa shape index (κ3) is 4.82. The summed E-state index contributed by atoms with van der Waals surface area (Å²) in [6, 6.07) is 15.1. The number of hydrogen-bond acceptors (Lipinski definition) is 4. The van der Waals surface area contributed by atoms with Gasteiger partial charge in [0.1, 0.15) is 5.82 Å². The maximum Gasteiger partial charge on any atom is 0.339 e. The number of amides is 1. The number of fused-ring (bicyclic) bond motifs is 1.